The number of hydrogen-bond donors (Lipinski definition) is 1. The van der Waals surface area contributed by atoms with E-state index >= 15 is 0 Å². The van der Waals surface area contributed by atoms with Crippen molar-refractivity contribution < 1.29 is 0 Å². The first kappa shape index (κ1) is 10.4. The first-order valence-corrected chi connectivity index (χ1v) is 5.82. The zero-order valence-electron chi connectivity index (χ0n) is 8.20. The number of anilines is 1. The molecular weight excluding hydrogens is 230 g/mol. The van der Waals surface area contributed by atoms with Crippen molar-refractivity contribution in [3.8, 4) is 10.6 Å². The van der Waals surface area contributed by atoms with E-state index in [9.17, 15) is 0 Å². The molecule has 0 saturated heterocycles. The lowest BCUT2D eigenvalue weighted by molar-refractivity contribution is 1.02. The second kappa shape index (κ2) is 4.59. The lowest BCUT2D eigenvalue weighted by Crippen LogP contribution is -2.00. The Labute approximate surface area is 97.1 Å². The second-order valence-corrected chi connectivity index (χ2v) is 4.65. The molecule has 0 spiro atoms. The Morgan fingerprint density at radius 3 is 2.67 bits per heavy atom. The van der Waals surface area contributed by atoms with E-state index in [1.54, 1.807) is 0 Å². The van der Waals surface area contributed by atoms with E-state index in [1.165, 1.54) is 11.3 Å². The molecule has 78 valence electrons. The molecule has 0 aliphatic heterocycles. The zero-order chi connectivity index (χ0) is 10.7. The number of rotatable bonds is 3. The average Bonchev–Trinajstić information content (AvgIpc) is 2.67. The van der Waals surface area contributed by atoms with Crippen molar-refractivity contribution in [2.75, 3.05) is 11.9 Å². The van der Waals surface area contributed by atoms with Crippen LogP contribution in [0.4, 0.5) is 5.82 Å². The molecule has 2 aromatic heterocycles. The smallest absolute Gasteiger partial charge is 0.148 e. The van der Waals surface area contributed by atoms with Gasteiger partial charge in [0.1, 0.15) is 11.5 Å². The SMILES string of the molecule is CCNc1ccc(-c2ccc(Cl)s2)nn1. The fourth-order valence-electron chi connectivity index (χ4n) is 1.19. The fraction of sp³-hybridized carbons (Fsp3) is 0.200. The second-order valence-electron chi connectivity index (χ2n) is 2.94. The summed E-state index contributed by atoms with van der Waals surface area (Å²) < 4.78 is 0.766. The quantitative estimate of drug-likeness (QED) is 0.893. The summed E-state index contributed by atoms with van der Waals surface area (Å²) in [4.78, 5) is 1.04. The Balaban J connectivity index is 2.23. The van der Waals surface area contributed by atoms with E-state index < -0.39 is 0 Å². The minimum absolute atomic E-state index is 0.766. The van der Waals surface area contributed by atoms with Gasteiger partial charge in [0.25, 0.3) is 0 Å². The molecule has 0 atom stereocenters. The van der Waals surface area contributed by atoms with Crippen molar-refractivity contribution in [1.82, 2.24) is 10.2 Å². The van der Waals surface area contributed by atoms with Gasteiger partial charge in [0.05, 0.1) is 9.21 Å². The van der Waals surface area contributed by atoms with Crippen molar-refractivity contribution in [2.24, 2.45) is 0 Å². The largest absolute Gasteiger partial charge is 0.369 e. The molecule has 0 fully saturated rings. The standard InChI is InChI=1S/C10H10ClN3S/c1-2-12-10-6-3-7(13-14-10)8-4-5-9(11)15-8/h3-6H,2H2,1H3,(H,12,14). The van der Waals surface area contributed by atoms with Crippen LogP contribution in [-0.4, -0.2) is 16.7 Å². The van der Waals surface area contributed by atoms with Gasteiger partial charge in [0, 0.05) is 6.54 Å². The number of halogens is 1. The maximum absolute atomic E-state index is 5.85. The van der Waals surface area contributed by atoms with Gasteiger partial charge in [-0.3, -0.25) is 0 Å². The first-order valence-electron chi connectivity index (χ1n) is 4.63. The van der Waals surface area contributed by atoms with E-state index in [1.807, 2.05) is 31.2 Å². The van der Waals surface area contributed by atoms with E-state index in [4.69, 9.17) is 11.6 Å². The molecule has 0 aliphatic carbocycles. The minimum Gasteiger partial charge on any atom is -0.369 e. The van der Waals surface area contributed by atoms with E-state index in [2.05, 4.69) is 15.5 Å². The van der Waals surface area contributed by atoms with Crippen molar-refractivity contribution in [1.29, 1.82) is 0 Å². The van der Waals surface area contributed by atoms with Crippen molar-refractivity contribution in [2.45, 2.75) is 6.92 Å². The van der Waals surface area contributed by atoms with Crippen LogP contribution in [0.3, 0.4) is 0 Å². The molecule has 0 unspecified atom stereocenters. The molecular formula is C10H10ClN3S. The molecule has 0 radical (unpaired) electrons. The zero-order valence-corrected chi connectivity index (χ0v) is 9.77. The molecule has 2 rings (SSSR count). The summed E-state index contributed by atoms with van der Waals surface area (Å²) in [6.45, 7) is 2.87. The van der Waals surface area contributed by atoms with Crippen LogP contribution in [0.5, 0.6) is 0 Å². The maximum atomic E-state index is 5.85. The van der Waals surface area contributed by atoms with Gasteiger partial charge in [-0.15, -0.1) is 21.5 Å². The fourth-order valence-corrected chi connectivity index (χ4v) is 2.20. The number of nitrogens with zero attached hydrogens (tertiary/aromatic N) is 2. The van der Waals surface area contributed by atoms with Crippen LogP contribution in [0.25, 0.3) is 10.6 Å². The Morgan fingerprint density at radius 1 is 1.27 bits per heavy atom. The normalized spacial score (nSPS) is 10.3. The van der Waals surface area contributed by atoms with E-state index in [0.717, 1.165) is 27.3 Å². The van der Waals surface area contributed by atoms with E-state index in [-0.39, 0.29) is 0 Å². The van der Waals surface area contributed by atoms with Crippen LogP contribution in [0, 0.1) is 0 Å². The lowest BCUT2D eigenvalue weighted by Gasteiger charge is -2.00. The summed E-state index contributed by atoms with van der Waals surface area (Å²) >= 11 is 7.35. The van der Waals surface area contributed by atoms with Gasteiger partial charge < -0.3 is 5.32 Å². The Hall–Kier alpha value is -1.13. The molecule has 2 aromatic rings. The van der Waals surface area contributed by atoms with Crippen LogP contribution in [0.15, 0.2) is 24.3 Å². The van der Waals surface area contributed by atoms with Crippen molar-refractivity contribution in [3.05, 3.63) is 28.6 Å². The van der Waals surface area contributed by atoms with Gasteiger partial charge in [0.2, 0.25) is 0 Å². The molecule has 3 nitrogen and oxygen atoms in total. The molecule has 5 heteroatoms. The van der Waals surface area contributed by atoms with Gasteiger partial charge in [-0.2, -0.15) is 0 Å². The number of thiophene rings is 1. The lowest BCUT2D eigenvalue weighted by atomic mass is 10.3. The molecule has 0 amide bonds. The third kappa shape index (κ3) is 2.46. The van der Waals surface area contributed by atoms with Crippen LogP contribution in [-0.2, 0) is 0 Å². The highest BCUT2D eigenvalue weighted by Crippen LogP contribution is 2.29. The Morgan fingerprint density at radius 2 is 2.13 bits per heavy atom. The van der Waals surface area contributed by atoms with Crippen molar-refractivity contribution >= 4 is 28.8 Å². The highest BCUT2D eigenvalue weighted by atomic mass is 35.5. The summed E-state index contributed by atoms with van der Waals surface area (Å²) in [5, 5.41) is 11.3. The summed E-state index contributed by atoms with van der Waals surface area (Å²) in [6.07, 6.45) is 0. The molecule has 0 aromatic carbocycles. The third-order valence-corrected chi connectivity index (χ3v) is 3.10. The Kier molecular flexibility index (Phi) is 3.18. The summed E-state index contributed by atoms with van der Waals surface area (Å²) in [5.41, 5.74) is 0.855. The molecule has 0 aliphatic rings. The van der Waals surface area contributed by atoms with E-state index in [0.29, 0.717) is 0 Å². The molecule has 1 N–H and O–H groups in total. The first-order chi connectivity index (χ1) is 7.29. The van der Waals surface area contributed by atoms with Gasteiger partial charge >= 0.3 is 0 Å². The molecule has 2 heterocycles. The molecule has 0 saturated carbocycles. The maximum Gasteiger partial charge on any atom is 0.148 e. The highest BCUT2D eigenvalue weighted by molar-refractivity contribution is 7.19. The molecule has 0 bridgehead atoms. The van der Waals surface area contributed by atoms with Crippen LogP contribution < -0.4 is 5.32 Å². The predicted octanol–water partition coefficient (Wildman–Crippen LogP) is 3.29. The van der Waals surface area contributed by atoms with Gasteiger partial charge in [0.15, 0.2) is 0 Å². The highest BCUT2D eigenvalue weighted by Gasteiger charge is 2.03. The Bertz CT molecular complexity index is 438. The van der Waals surface area contributed by atoms with Gasteiger partial charge in [-0.1, -0.05) is 11.6 Å². The number of hydrogen-bond acceptors (Lipinski definition) is 4. The minimum atomic E-state index is 0.766. The predicted molar refractivity (Wildman–Crippen MR) is 64.5 cm³/mol. The number of nitrogens with one attached hydrogen (secondary N) is 1. The van der Waals surface area contributed by atoms with Crippen LogP contribution in [0.2, 0.25) is 4.34 Å². The van der Waals surface area contributed by atoms with Gasteiger partial charge in [-0.25, -0.2) is 0 Å². The van der Waals surface area contributed by atoms with Gasteiger partial charge in [-0.05, 0) is 31.2 Å². The summed E-state index contributed by atoms with van der Waals surface area (Å²) in [6, 6.07) is 7.66. The number of aromatic nitrogens is 2. The average molecular weight is 240 g/mol. The molecule has 15 heavy (non-hydrogen) atoms. The summed E-state index contributed by atoms with van der Waals surface area (Å²) in [7, 11) is 0. The topological polar surface area (TPSA) is 37.8 Å². The van der Waals surface area contributed by atoms with Crippen molar-refractivity contribution in [3.63, 3.8) is 0 Å². The third-order valence-electron chi connectivity index (χ3n) is 1.85. The van der Waals surface area contributed by atoms with Crippen LogP contribution in [0.1, 0.15) is 6.92 Å². The van der Waals surface area contributed by atoms with Crippen LogP contribution >= 0.6 is 22.9 Å². The monoisotopic (exact) mass is 239 g/mol. The summed E-state index contributed by atoms with van der Waals surface area (Å²) in [5.74, 6) is 0.795.